The molecule has 0 N–H and O–H groups in total. The molecule has 2 aliphatic rings. The van der Waals surface area contributed by atoms with Gasteiger partial charge in [0.15, 0.2) is 12.8 Å². The SMILES string of the molecule is CBr.C[N+]1(CC[N+]2=Cc3ccccc3CC2)CCCCC1. The summed E-state index contributed by atoms with van der Waals surface area (Å²) in [6, 6.07) is 8.82. The van der Waals surface area contributed by atoms with Crippen molar-refractivity contribution in [3.05, 3.63) is 35.4 Å². The molecule has 3 rings (SSSR count). The van der Waals surface area contributed by atoms with Crippen LogP contribution in [-0.4, -0.2) is 60.9 Å². The summed E-state index contributed by atoms with van der Waals surface area (Å²) in [4.78, 5) is 0. The highest BCUT2D eigenvalue weighted by atomic mass is 79.9. The fourth-order valence-corrected chi connectivity index (χ4v) is 3.46. The van der Waals surface area contributed by atoms with Crippen LogP contribution >= 0.6 is 15.9 Å². The Morgan fingerprint density at radius 3 is 2.57 bits per heavy atom. The van der Waals surface area contributed by atoms with Gasteiger partial charge in [0.1, 0.15) is 13.1 Å². The molecule has 0 atom stereocenters. The second kappa shape index (κ2) is 8.09. The third-order valence-corrected chi connectivity index (χ3v) is 4.87. The maximum atomic E-state index is 2.94. The number of quaternary nitrogens is 1. The summed E-state index contributed by atoms with van der Waals surface area (Å²) < 4.78 is 3.81. The van der Waals surface area contributed by atoms with Crippen LogP contribution in [0.2, 0.25) is 0 Å². The molecule has 0 unspecified atom stereocenters. The van der Waals surface area contributed by atoms with Crippen LogP contribution < -0.4 is 0 Å². The maximum absolute atomic E-state index is 2.94. The molecule has 0 amide bonds. The first-order valence-corrected chi connectivity index (χ1v) is 9.72. The van der Waals surface area contributed by atoms with E-state index >= 15 is 0 Å². The zero-order valence-electron chi connectivity index (χ0n) is 13.5. The number of likely N-dealkylation sites (N-methyl/N-ethyl adjacent to an activating group) is 1. The molecule has 116 valence electrons. The van der Waals surface area contributed by atoms with E-state index in [1.807, 2.05) is 5.83 Å². The Bertz CT molecular complexity index is 476. The summed E-state index contributed by atoms with van der Waals surface area (Å²) in [6.45, 7) is 6.47. The third-order valence-electron chi connectivity index (χ3n) is 4.87. The van der Waals surface area contributed by atoms with E-state index in [9.17, 15) is 0 Å². The fraction of sp³-hybridized carbons (Fsp3) is 0.611. The zero-order chi connectivity index (χ0) is 15.1. The van der Waals surface area contributed by atoms with Gasteiger partial charge in [-0.1, -0.05) is 34.1 Å². The predicted octanol–water partition coefficient (Wildman–Crippen LogP) is 3.32. The van der Waals surface area contributed by atoms with Gasteiger partial charge in [-0.05, 0) is 36.7 Å². The lowest BCUT2D eigenvalue weighted by atomic mass is 10.0. The highest BCUT2D eigenvalue weighted by molar-refractivity contribution is 9.08. The van der Waals surface area contributed by atoms with Crippen molar-refractivity contribution in [2.24, 2.45) is 0 Å². The molecule has 2 nitrogen and oxygen atoms in total. The summed E-state index contributed by atoms with van der Waals surface area (Å²) >= 11 is 2.94. The quantitative estimate of drug-likeness (QED) is 0.446. The number of nitrogens with zero attached hydrogens (tertiary/aromatic N) is 2. The Morgan fingerprint density at radius 1 is 1.10 bits per heavy atom. The van der Waals surface area contributed by atoms with Crippen molar-refractivity contribution < 1.29 is 9.06 Å². The van der Waals surface area contributed by atoms with Crippen molar-refractivity contribution in [1.29, 1.82) is 0 Å². The van der Waals surface area contributed by atoms with Gasteiger partial charge in [0, 0.05) is 12.0 Å². The van der Waals surface area contributed by atoms with Gasteiger partial charge in [0.25, 0.3) is 0 Å². The minimum atomic E-state index is 1.19. The van der Waals surface area contributed by atoms with E-state index in [0.717, 1.165) is 0 Å². The van der Waals surface area contributed by atoms with Gasteiger partial charge in [0.2, 0.25) is 0 Å². The largest absolute Gasteiger partial charge is 0.321 e. The lowest BCUT2D eigenvalue weighted by Gasteiger charge is -2.37. The number of benzene rings is 1. The van der Waals surface area contributed by atoms with E-state index in [4.69, 9.17) is 0 Å². The van der Waals surface area contributed by atoms with Gasteiger partial charge in [-0.2, -0.15) is 0 Å². The van der Waals surface area contributed by atoms with Crippen molar-refractivity contribution >= 4 is 22.1 Å². The first kappa shape index (κ1) is 16.7. The second-order valence-corrected chi connectivity index (χ2v) is 6.46. The van der Waals surface area contributed by atoms with Crippen LogP contribution in [0.5, 0.6) is 0 Å². The van der Waals surface area contributed by atoms with E-state index < -0.39 is 0 Å². The van der Waals surface area contributed by atoms with Crippen LogP contribution in [0.4, 0.5) is 0 Å². The van der Waals surface area contributed by atoms with Crippen LogP contribution in [0.15, 0.2) is 24.3 Å². The Morgan fingerprint density at radius 2 is 1.81 bits per heavy atom. The van der Waals surface area contributed by atoms with Crippen molar-refractivity contribution in [3.8, 4) is 0 Å². The summed E-state index contributed by atoms with van der Waals surface area (Å²) in [6.07, 6.45) is 7.86. The number of piperidine rings is 1. The third kappa shape index (κ3) is 4.65. The average molecular weight is 353 g/mol. The highest BCUT2D eigenvalue weighted by Crippen LogP contribution is 2.16. The number of halogens is 1. The standard InChI is InChI=1S/C17H26N2.CH3Br/c1-19(12-5-2-6-13-19)14-11-18-10-9-16-7-3-4-8-17(16)15-18;1-2/h3-4,7-8,15H,2,5-6,9-14H2,1H3;1H3/q+2;. The molecular formula is C18H29BrN2+2. The maximum Gasteiger partial charge on any atom is 0.191 e. The number of hydrogen-bond donors (Lipinski definition) is 0. The van der Waals surface area contributed by atoms with E-state index in [2.05, 4.69) is 58.0 Å². The number of rotatable bonds is 3. The lowest BCUT2D eigenvalue weighted by molar-refractivity contribution is -0.920. The average Bonchev–Trinajstić information content (AvgIpc) is 2.55. The van der Waals surface area contributed by atoms with Crippen LogP contribution in [0.1, 0.15) is 30.4 Å². The van der Waals surface area contributed by atoms with E-state index in [-0.39, 0.29) is 0 Å². The monoisotopic (exact) mass is 352 g/mol. The van der Waals surface area contributed by atoms with Gasteiger partial charge < -0.3 is 4.48 Å². The Labute approximate surface area is 138 Å². The van der Waals surface area contributed by atoms with Gasteiger partial charge in [0.05, 0.1) is 20.1 Å². The molecule has 3 heteroatoms. The molecule has 0 aliphatic carbocycles. The van der Waals surface area contributed by atoms with E-state index in [0.29, 0.717) is 0 Å². The molecular weight excluding hydrogens is 324 g/mol. The summed E-state index contributed by atoms with van der Waals surface area (Å²) in [5.74, 6) is 1.81. The van der Waals surface area contributed by atoms with E-state index in [1.54, 1.807) is 0 Å². The smallest absolute Gasteiger partial charge is 0.191 e. The molecule has 1 fully saturated rings. The van der Waals surface area contributed by atoms with Crippen molar-refractivity contribution in [2.75, 3.05) is 45.6 Å². The predicted molar refractivity (Wildman–Crippen MR) is 94.8 cm³/mol. The molecule has 1 aromatic rings. The van der Waals surface area contributed by atoms with Gasteiger partial charge >= 0.3 is 0 Å². The van der Waals surface area contributed by atoms with Gasteiger partial charge in [-0.3, -0.25) is 0 Å². The molecule has 0 bridgehead atoms. The van der Waals surface area contributed by atoms with Crippen molar-refractivity contribution in [3.63, 3.8) is 0 Å². The molecule has 1 saturated heterocycles. The topological polar surface area (TPSA) is 3.01 Å². The first-order chi connectivity index (χ1) is 10.3. The molecule has 21 heavy (non-hydrogen) atoms. The Hall–Kier alpha value is -0.670. The van der Waals surface area contributed by atoms with Crippen molar-refractivity contribution in [1.82, 2.24) is 0 Å². The van der Waals surface area contributed by atoms with Crippen LogP contribution in [0.3, 0.4) is 0 Å². The molecule has 0 radical (unpaired) electrons. The molecule has 2 heterocycles. The molecule has 0 aromatic heterocycles. The first-order valence-electron chi connectivity index (χ1n) is 8.13. The summed E-state index contributed by atoms with van der Waals surface area (Å²) in [7, 11) is 2.44. The van der Waals surface area contributed by atoms with Crippen molar-refractivity contribution in [2.45, 2.75) is 25.7 Å². The van der Waals surface area contributed by atoms with Crippen LogP contribution in [0.25, 0.3) is 0 Å². The van der Waals surface area contributed by atoms with Gasteiger partial charge in [-0.15, -0.1) is 0 Å². The molecule has 0 spiro atoms. The normalized spacial score (nSPS) is 19.9. The number of alkyl halides is 1. The highest BCUT2D eigenvalue weighted by Gasteiger charge is 2.27. The van der Waals surface area contributed by atoms with Crippen LogP contribution in [-0.2, 0) is 6.42 Å². The number of hydrogen-bond acceptors (Lipinski definition) is 0. The summed E-state index contributed by atoms with van der Waals surface area (Å²) in [5, 5.41) is 0. The van der Waals surface area contributed by atoms with Crippen LogP contribution in [0, 0.1) is 0 Å². The van der Waals surface area contributed by atoms with E-state index in [1.165, 1.54) is 74.0 Å². The molecule has 1 aromatic carbocycles. The molecule has 0 saturated carbocycles. The molecule has 2 aliphatic heterocycles. The summed E-state index contributed by atoms with van der Waals surface area (Å²) in [5.41, 5.74) is 2.94. The van der Waals surface area contributed by atoms with Gasteiger partial charge in [-0.25, -0.2) is 4.58 Å². The fourth-order valence-electron chi connectivity index (χ4n) is 3.46. The Kier molecular flexibility index (Phi) is 6.43. The lowest BCUT2D eigenvalue weighted by Crippen LogP contribution is -2.51. The Balaban J connectivity index is 0.000000774. The minimum absolute atomic E-state index is 1.19. The second-order valence-electron chi connectivity index (χ2n) is 6.46. The number of fused-ring (bicyclic) bond motifs is 1. The minimum Gasteiger partial charge on any atom is -0.321 e. The zero-order valence-corrected chi connectivity index (χ0v) is 15.1. The number of likely N-dealkylation sites (tertiary alicyclic amines) is 1.